The van der Waals surface area contributed by atoms with Crippen molar-refractivity contribution in [2.24, 2.45) is 5.92 Å². The van der Waals surface area contributed by atoms with E-state index in [-0.39, 0.29) is 30.3 Å². The monoisotopic (exact) mass is 359 g/mol. The van der Waals surface area contributed by atoms with Crippen molar-refractivity contribution in [1.82, 2.24) is 0 Å². The maximum atomic E-state index is 13.1. The van der Waals surface area contributed by atoms with Gasteiger partial charge in [-0.15, -0.1) is 0 Å². The molecule has 1 rings (SSSR count). The van der Waals surface area contributed by atoms with Crippen LogP contribution >= 0.6 is 0 Å². The Hall–Kier alpha value is -2.51. The Balaban J connectivity index is 3.44. The lowest BCUT2D eigenvalue weighted by Crippen LogP contribution is -2.22. The molecule has 0 amide bonds. The number of carboxylic acids is 1. The highest BCUT2D eigenvalue weighted by Crippen LogP contribution is 2.35. The molecule has 0 heterocycles. The predicted octanol–water partition coefficient (Wildman–Crippen LogP) is 4.07. The van der Waals surface area contributed by atoms with Crippen molar-refractivity contribution in [2.45, 2.75) is 33.4 Å². The normalized spacial score (nSPS) is 12.6. The number of para-hydroxylation sites is 1. The number of nitrogens with one attached hydrogen (secondary N) is 1. The van der Waals surface area contributed by atoms with E-state index >= 15 is 0 Å². The molecule has 0 saturated carbocycles. The van der Waals surface area contributed by atoms with Gasteiger partial charge < -0.3 is 15.2 Å². The number of esters is 1. The maximum absolute atomic E-state index is 13.1. The number of hydrogen-bond acceptors (Lipinski definition) is 4. The van der Waals surface area contributed by atoms with E-state index in [9.17, 15) is 27.9 Å². The molecular weight excluding hydrogens is 339 g/mol. The van der Waals surface area contributed by atoms with Crippen LogP contribution in [0.5, 0.6) is 0 Å². The van der Waals surface area contributed by atoms with Crippen LogP contribution in [-0.2, 0) is 20.5 Å². The fourth-order valence-electron chi connectivity index (χ4n) is 2.17. The first-order chi connectivity index (χ1) is 11.6. The van der Waals surface area contributed by atoms with Crippen LogP contribution in [0, 0.1) is 5.92 Å². The summed E-state index contributed by atoms with van der Waals surface area (Å²) in [5.74, 6) is -2.77. The minimum Gasteiger partial charge on any atom is -0.477 e. The molecule has 0 aliphatic heterocycles. The third kappa shape index (κ3) is 5.81. The topological polar surface area (TPSA) is 75.6 Å². The van der Waals surface area contributed by atoms with E-state index < -0.39 is 29.3 Å². The minimum absolute atomic E-state index is 0.0519. The number of anilines is 1. The molecule has 0 saturated heterocycles. The van der Waals surface area contributed by atoms with Gasteiger partial charge in [0.1, 0.15) is 0 Å². The Morgan fingerprint density at radius 2 is 1.84 bits per heavy atom. The molecule has 0 aliphatic carbocycles. The molecule has 1 aromatic carbocycles. The van der Waals surface area contributed by atoms with Crippen LogP contribution in [0.15, 0.2) is 35.5 Å². The molecule has 2 N–H and O–H groups in total. The summed E-state index contributed by atoms with van der Waals surface area (Å²) in [6.45, 7) is 4.96. The van der Waals surface area contributed by atoms with Gasteiger partial charge in [0.2, 0.25) is 0 Å². The summed E-state index contributed by atoms with van der Waals surface area (Å²) < 4.78 is 44.1. The zero-order valence-electron chi connectivity index (χ0n) is 14.1. The van der Waals surface area contributed by atoms with Gasteiger partial charge in [0, 0.05) is 5.70 Å². The maximum Gasteiger partial charge on any atom is 0.418 e. The smallest absolute Gasteiger partial charge is 0.418 e. The third-order valence-corrected chi connectivity index (χ3v) is 3.13. The van der Waals surface area contributed by atoms with Crippen LogP contribution in [0.25, 0.3) is 0 Å². The highest BCUT2D eigenvalue weighted by atomic mass is 19.4. The number of aliphatic carboxylic acids is 1. The second kappa shape index (κ2) is 8.55. The molecule has 0 aliphatic rings. The van der Waals surface area contributed by atoms with Crippen LogP contribution in [0.4, 0.5) is 18.9 Å². The number of ether oxygens (including phenoxy) is 1. The van der Waals surface area contributed by atoms with Crippen molar-refractivity contribution in [2.75, 3.05) is 11.9 Å². The van der Waals surface area contributed by atoms with E-state index in [1.165, 1.54) is 25.1 Å². The van der Waals surface area contributed by atoms with E-state index in [1.54, 1.807) is 13.8 Å². The summed E-state index contributed by atoms with van der Waals surface area (Å²) in [6, 6.07) is 4.66. The van der Waals surface area contributed by atoms with Crippen molar-refractivity contribution in [3.8, 4) is 0 Å². The number of carbonyl (C=O) groups excluding carboxylic acids is 1. The molecule has 1 aromatic rings. The average molecular weight is 359 g/mol. The zero-order valence-corrected chi connectivity index (χ0v) is 14.1. The molecular formula is C17H20F3NO4. The van der Waals surface area contributed by atoms with Crippen LogP contribution in [0.3, 0.4) is 0 Å². The van der Waals surface area contributed by atoms with Gasteiger partial charge in [0.05, 0.1) is 17.9 Å². The number of hydrogen-bond donors (Lipinski definition) is 2. The standard InChI is InChI=1S/C17H20F3NO4/c1-4-25-16(24)14(15(22)23)13(9-10(2)3)21-12-8-6-5-7-11(12)17(18,19)20/h5-8,10,21H,4,9H2,1-3H3,(H,22,23). The largest absolute Gasteiger partial charge is 0.477 e. The first kappa shape index (κ1) is 20.5. The third-order valence-electron chi connectivity index (χ3n) is 3.13. The van der Waals surface area contributed by atoms with Crippen LogP contribution in [0.1, 0.15) is 32.8 Å². The van der Waals surface area contributed by atoms with Crippen molar-refractivity contribution < 1.29 is 32.6 Å². The zero-order chi connectivity index (χ0) is 19.2. The van der Waals surface area contributed by atoms with Gasteiger partial charge in [-0.25, -0.2) is 9.59 Å². The highest BCUT2D eigenvalue weighted by Gasteiger charge is 2.34. The molecule has 8 heteroatoms. The summed E-state index contributed by atoms with van der Waals surface area (Å²) in [4.78, 5) is 23.4. The van der Waals surface area contributed by atoms with Crippen LogP contribution in [-0.4, -0.2) is 23.7 Å². The highest BCUT2D eigenvalue weighted by molar-refractivity contribution is 6.14. The number of halogens is 3. The van der Waals surface area contributed by atoms with E-state index in [2.05, 4.69) is 5.32 Å². The van der Waals surface area contributed by atoms with Gasteiger partial charge >= 0.3 is 18.1 Å². The lowest BCUT2D eigenvalue weighted by molar-refractivity contribution is -0.144. The minimum atomic E-state index is -4.63. The number of benzene rings is 1. The van der Waals surface area contributed by atoms with E-state index in [0.29, 0.717) is 0 Å². The molecule has 0 spiro atoms. The molecule has 0 atom stereocenters. The Kier molecular flexibility index (Phi) is 7.02. The molecule has 0 fully saturated rings. The fraction of sp³-hybridized carbons (Fsp3) is 0.412. The second-order valence-electron chi connectivity index (χ2n) is 5.65. The van der Waals surface area contributed by atoms with E-state index in [4.69, 9.17) is 4.74 Å². The quantitative estimate of drug-likeness (QED) is 0.332. The Labute approximate surface area is 143 Å². The summed E-state index contributed by atoms with van der Waals surface area (Å²) in [7, 11) is 0. The molecule has 0 radical (unpaired) electrons. The second-order valence-corrected chi connectivity index (χ2v) is 5.65. The van der Waals surface area contributed by atoms with E-state index in [1.807, 2.05) is 0 Å². The summed E-state index contributed by atoms with van der Waals surface area (Å²) >= 11 is 0. The van der Waals surface area contributed by atoms with Crippen molar-refractivity contribution in [3.05, 3.63) is 41.1 Å². The summed E-state index contributed by atoms with van der Waals surface area (Å²) in [6.07, 6.45) is -4.56. The number of alkyl halides is 3. The van der Waals surface area contributed by atoms with Gasteiger partial charge in [0.15, 0.2) is 5.57 Å². The van der Waals surface area contributed by atoms with Crippen molar-refractivity contribution in [1.29, 1.82) is 0 Å². The predicted molar refractivity (Wildman–Crippen MR) is 85.8 cm³/mol. The molecule has 0 unspecified atom stereocenters. The molecule has 25 heavy (non-hydrogen) atoms. The summed E-state index contributed by atoms with van der Waals surface area (Å²) in [5, 5.41) is 11.8. The number of allylic oxidation sites excluding steroid dienone is 1. The SMILES string of the molecule is CCOC(=O)C(C(=O)O)=C(CC(C)C)Nc1ccccc1C(F)(F)F. The van der Waals surface area contributed by atoms with Gasteiger partial charge in [-0.05, 0) is 31.4 Å². The van der Waals surface area contributed by atoms with Gasteiger partial charge in [-0.3, -0.25) is 0 Å². The molecule has 0 aromatic heterocycles. The molecule has 5 nitrogen and oxygen atoms in total. The van der Waals surface area contributed by atoms with Gasteiger partial charge in [0.25, 0.3) is 0 Å². The lowest BCUT2D eigenvalue weighted by Gasteiger charge is -2.19. The van der Waals surface area contributed by atoms with E-state index in [0.717, 1.165) is 6.07 Å². The summed E-state index contributed by atoms with van der Waals surface area (Å²) in [5.41, 5.74) is -2.11. The van der Waals surface area contributed by atoms with Crippen LogP contribution < -0.4 is 5.32 Å². The van der Waals surface area contributed by atoms with Crippen LogP contribution in [0.2, 0.25) is 0 Å². The Morgan fingerprint density at radius 1 is 1.24 bits per heavy atom. The average Bonchev–Trinajstić information content (AvgIpc) is 2.45. The number of carbonyl (C=O) groups is 2. The molecule has 138 valence electrons. The Morgan fingerprint density at radius 3 is 2.32 bits per heavy atom. The van der Waals surface area contributed by atoms with Gasteiger partial charge in [-0.2, -0.15) is 13.2 Å². The number of rotatable bonds is 7. The molecule has 0 bridgehead atoms. The van der Waals surface area contributed by atoms with Crippen molar-refractivity contribution >= 4 is 17.6 Å². The van der Waals surface area contributed by atoms with Crippen molar-refractivity contribution in [3.63, 3.8) is 0 Å². The lowest BCUT2D eigenvalue weighted by atomic mass is 10.0. The first-order valence-corrected chi connectivity index (χ1v) is 7.64. The first-order valence-electron chi connectivity index (χ1n) is 7.64. The Bertz CT molecular complexity index is 666. The fourth-order valence-corrected chi connectivity index (χ4v) is 2.17. The van der Waals surface area contributed by atoms with Gasteiger partial charge in [-0.1, -0.05) is 26.0 Å². The number of carboxylic acid groups (broad SMARTS) is 1.